The molecule has 10 heteroatoms. The number of thioether (sulfide) groups is 1. The lowest BCUT2D eigenvalue weighted by Gasteiger charge is -2.20. The van der Waals surface area contributed by atoms with Gasteiger partial charge in [0.15, 0.2) is 22.5 Å². The summed E-state index contributed by atoms with van der Waals surface area (Å²) in [5.74, 6) is 1.69. The minimum absolute atomic E-state index is 0.126. The maximum atomic E-state index is 12.5. The molecule has 2 heterocycles. The zero-order valence-electron chi connectivity index (χ0n) is 16.3. The first-order valence-electron chi connectivity index (χ1n) is 9.37. The average Bonchev–Trinajstić information content (AvgIpc) is 3.16. The van der Waals surface area contributed by atoms with Gasteiger partial charge in [-0.25, -0.2) is 0 Å². The van der Waals surface area contributed by atoms with Crippen LogP contribution in [0.5, 0.6) is 11.5 Å². The average molecular weight is 477 g/mol. The summed E-state index contributed by atoms with van der Waals surface area (Å²) in [4.78, 5) is 12.5. The Hall–Kier alpha value is -2.68. The first-order valence-corrected chi connectivity index (χ1v) is 11.1. The highest BCUT2D eigenvalue weighted by molar-refractivity contribution is 7.99. The number of allylic oxidation sites excluding steroid dienone is 1. The molecule has 1 aromatic heterocycles. The Bertz CT molecular complexity index is 1120. The normalized spacial score (nSPS) is 12.5. The van der Waals surface area contributed by atoms with Crippen molar-refractivity contribution in [3.05, 3.63) is 59.1 Å². The van der Waals surface area contributed by atoms with Crippen molar-refractivity contribution in [1.29, 1.82) is 0 Å². The Labute approximate surface area is 193 Å². The van der Waals surface area contributed by atoms with Crippen molar-refractivity contribution in [2.75, 3.05) is 24.3 Å². The van der Waals surface area contributed by atoms with E-state index in [2.05, 4.69) is 22.1 Å². The summed E-state index contributed by atoms with van der Waals surface area (Å²) >= 11 is 13.5. The van der Waals surface area contributed by atoms with Gasteiger partial charge in [-0.3, -0.25) is 9.36 Å². The minimum atomic E-state index is -0.232. The molecule has 1 amide bonds. The number of hydrogen-bond acceptors (Lipinski definition) is 6. The fraction of sp³-hybridized carbons (Fsp3) is 0.190. The number of fused-ring (bicyclic) bond motifs is 1. The summed E-state index contributed by atoms with van der Waals surface area (Å²) in [6.45, 7) is 5.22. The van der Waals surface area contributed by atoms with Crippen LogP contribution >= 0.6 is 35.0 Å². The lowest BCUT2D eigenvalue weighted by atomic mass is 10.2. The quantitative estimate of drug-likeness (QED) is 0.384. The van der Waals surface area contributed by atoms with Crippen molar-refractivity contribution in [1.82, 2.24) is 14.8 Å². The zero-order valence-corrected chi connectivity index (χ0v) is 18.6. The van der Waals surface area contributed by atoms with E-state index in [1.54, 1.807) is 30.3 Å². The second-order valence-electron chi connectivity index (χ2n) is 6.52. The molecule has 7 nitrogen and oxygen atoms in total. The standard InChI is InChI=1S/C21H18Cl2N4O3S/c1-2-7-27-20(13-3-5-14(22)6-4-13)25-26-21(27)31-12-19(28)24-16-11-18-17(10-15(16)23)29-8-9-30-18/h2-6,10-11H,1,7-9,12H2,(H,24,28). The van der Waals surface area contributed by atoms with Crippen LogP contribution in [0.3, 0.4) is 0 Å². The van der Waals surface area contributed by atoms with Crippen LogP contribution in [0.25, 0.3) is 11.4 Å². The van der Waals surface area contributed by atoms with Gasteiger partial charge in [-0.2, -0.15) is 0 Å². The molecule has 4 rings (SSSR count). The maximum absolute atomic E-state index is 12.5. The number of halogens is 2. The van der Waals surface area contributed by atoms with Gasteiger partial charge in [-0.1, -0.05) is 41.0 Å². The van der Waals surface area contributed by atoms with Crippen molar-refractivity contribution in [2.45, 2.75) is 11.7 Å². The van der Waals surface area contributed by atoms with Gasteiger partial charge in [0, 0.05) is 29.3 Å². The highest BCUT2D eigenvalue weighted by Crippen LogP contribution is 2.38. The first kappa shape index (κ1) is 21.5. The Morgan fingerprint density at radius 1 is 1.16 bits per heavy atom. The molecule has 0 spiro atoms. The molecule has 0 fully saturated rings. The molecule has 1 aliphatic heterocycles. The molecule has 3 aromatic rings. The maximum Gasteiger partial charge on any atom is 0.234 e. The van der Waals surface area contributed by atoms with Crippen molar-refractivity contribution in [3.8, 4) is 22.9 Å². The number of hydrogen-bond donors (Lipinski definition) is 1. The number of rotatable bonds is 7. The third-order valence-electron chi connectivity index (χ3n) is 4.37. The summed E-state index contributed by atoms with van der Waals surface area (Å²) in [5.41, 5.74) is 1.34. The summed E-state index contributed by atoms with van der Waals surface area (Å²) in [5, 5.41) is 12.9. The molecule has 0 saturated carbocycles. The SMILES string of the molecule is C=CCn1c(SCC(=O)Nc2cc3c(cc2Cl)OCCO3)nnc1-c1ccc(Cl)cc1. The van der Waals surface area contributed by atoms with Crippen LogP contribution < -0.4 is 14.8 Å². The fourth-order valence-electron chi connectivity index (χ4n) is 2.98. The molecule has 0 aliphatic carbocycles. The van der Waals surface area contributed by atoms with Crippen molar-refractivity contribution >= 4 is 46.6 Å². The van der Waals surface area contributed by atoms with E-state index < -0.39 is 0 Å². The lowest BCUT2D eigenvalue weighted by Crippen LogP contribution is -2.17. The van der Waals surface area contributed by atoms with Crippen molar-refractivity contribution in [2.24, 2.45) is 0 Å². The van der Waals surface area contributed by atoms with Crippen LogP contribution in [0.2, 0.25) is 10.0 Å². The molecule has 0 bridgehead atoms. The topological polar surface area (TPSA) is 78.3 Å². The molecule has 0 unspecified atom stereocenters. The van der Waals surface area contributed by atoms with Crippen LogP contribution in [0, 0.1) is 0 Å². The van der Waals surface area contributed by atoms with Gasteiger partial charge >= 0.3 is 0 Å². The molecule has 1 aliphatic rings. The van der Waals surface area contributed by atoms with Gasteiger partial charge in [0.05, 0.1) is 16.5 Å². The van der Waals surface area contributed by atoms with Crippen molar-refractivity contribution < 1.29 is 14.3 Å². The molecule has 0 atom stereocenters. The van der Waals surface area contributed by atoms with Gasteiger partial charge in [0.2, 0.25) is 5.91 Å². The van der Waals surface area contributed by atoms with E-state index in [-0.39, 0.29) is 11.7 Å². The molecule has 1 N–H and O–H groups in total. The molecule has 0 radical (unpaired) electrons. The predicted octanol–water partition coefficient (Wildman–Crippen LogP) is 4.94. The fourth-order valence-corrected chi connectivity index (χ4v) is 4.05. The van der Waals surface area contributed by atoms with Gasteiger partial charge < -0.3 is 14.8 Å². The number of ether oxygens (including phenoxy) is 2. The molecular weight excluding hydrogens is 459 g/mol. The summed E-state index contributed by atoms with van der Waals surface area (Å²) in [6.07, 6.45) is 1.75. The number of benzene rings is 2. The van der Waals surface area contributed by atoms with Crippen LogP contribution in [0.1, 0.15) is 0 Å². The number of anilines is 1. The van der Waals surface area contributed by atoms with E-state index in [4.69, 9.17) is 32.7 Å². The summed E-state index contributed by atoms with van der Waals surface area (Å²) < 4.78 is 12.9. The van der Waals surface area contributed by atoms with E-state index >= 15 is 0 Å². The number of carbonyl (C=O) groups is 1. The Kier molecular flexibility index (Phi) is 6.70. The summed E-state index contributed by atoms with van der Waals surface area (Å²) in [6, 6.07) is 10.6. The lowest BCUT2D eigenvalue weighted by molar-refractivity contribution is -0.113. The van der Waals surface area contributed by atoms with E-state index in [0.29, 0.717) is 58.0 Å². The largest absolute Gasteiger partial charge is 0.486 e. The van der Waals surface area contributed by atoms with Crippen LogP contribution in [-0.4, -0.2) is 39.6 Å². The Balaban J connectivity index is 1.46. The van der Waals surface area contributed by atoms with E-state index in [0.717, 1.165) is 5.56 Å². The molecule has 160 valence electrons. The predicted molar refractivity (Wildman–Crippen MR) is 122 cm³/mol. The Morgan fingerprint density at radius 2 is 1.87 bits per heavy atom. The van der Waals surface area contributed by atoms with Crippen LogP contribution in [0.4, 0.5) is 5.69 Å². The molecule has 0 saturated heterocycles. The van der Waals surface area contributed by atoms with Gasteiger partial charge in [0.25, 0.3) is 0 Å². The second kappa shape index (κ2) is 9.64. The third-order valence-corrected chi connectivity index (χ3v) is 5.90. The van der Waals surface area contributed by atoms with E-state index in [1.165, 1.54) is 11.8 Å². The summed E-state index contributed by atoms with van der Waals surface area (Å²) in [7, 11) is 0. The number of aromatic nitrogens is 3. The molecule has 31 heavy (non-hydrogen) atoms. The number of amides is 1. The third kappa shape index (κ3) is 4.98. The van der Waals surface area contributed by atoms with E-state index in [1.807, 2.05) is 16.7 Å². The van der Waals surface area contributed by atoms with Crippen LogP contribution in [0.15, 0.2) is 54.2 Å². The Morgan fingerprint density at radius 3 is 2.58 bits per heavy atom. The molecule has 2 aromatic carbocycles. The number of nitrogens with zero attached hydrogens (tertiary/aromatic N) is 3. The second-order valence-corrected chi connectivity index (χ2v) is 8.31. The van der Waals surface area contributed by atoms with Crippen molar-refractivity contribution in [3.63, 3.8) is 0 Å². The first-order chi connectivity index (χ1) is 15.0. The smallest absolute Gasteiger partial charge is 0.234 e. The number of nitrogens with one attached hydrogen (secondary N) is 1. The van der Waals surface area contributed by atoms with Gasteiger partial charge in [-0.05, 0) is 24.3 Å². The number of carbonyl (C=O) groups excluding carboxylic acids is 1. The molecular formula is C21H18Cl2N4O3S. The van der Waals surface area contributed by atoms with Gasteiger partial charge in [0.1, 0.15) is 13.2 Å². The van der Waals surface area contributed by atoms with E-state index in [9.17, 15) is 4.79 Å². The van der Waals surface area contributed by atoms with Gasteiger partial charge in [-0.15, -0.1) is 16.8 Å². The minimum Gasteiger partial charge on any atom is -0.486 e. The monoisotopic (exact) mass is 476 g/mol. The highest BCUT2D eigenvalue weighted by atomic mass is 35.5. The van der Waals surface area contributed by atoms with Crippen LogP contribution in [-0.2, 0) is 11.3 Å². The highest BCUT2D eigenvalue weighted by Gasteiger charge is 2.18. The zero-order chi connectivity index (χ0) is 21.8.